The average molecular weight is 222 g/mol. The van der Waals surface area contributed by atoms with Crippen LogP contribution in [0.1, 0.15) is 45.2 Å². The zero-order valence-electron chi connectivity index (χ0n) is 10.5. The number of rotatable bonds is 2. The summed E-state index contributed by atoms with van der Waals surface area (Å²) in [5.74, 6) is 0.850. The minimum absolute atomic E-state index is 0.344. The minimum Gasteiger partial charge on any atom is -0.383 e. The second-order valence-corrected chi connectivity index (χ2v) is 5.40. The smallest absolute Gasteiger partial charge is 0.111 e. The van der Waals surface area contributed by atoms with Crippen LogP contribution in [0.15, 0.2) is 12.3 Å². The molecule has 1 fully saturated rings. The standard InChI is InChI=1S/C13H22N2O/c1-10(2)11-6-4-5-8-13(11,16)12-7-9-15(3)14-12/h7,9-11,16H,4-6,8H2,1-3H3. The van der Waals surface area contributed by atoms with Crippen molar-refractivity contribution in [1.29, 1.82) is 0 Å². The number of hydrogen-bond donors (Lipinski definition) is 1. The normalized spacial score (nSPS) is 30.9. The molecular weight excluding hydrogens is 200 g/mol. The summed E-state index contributed by atoms with van der Waals surface area (Å²) in [6, 6.07) is 1.96. The number of aromatic nitrogens is 2. The van der Waals surface area contributed by atoms with Crippen LogP contribution in [0.3, 0.4) is 0 Å². The maximum Gasteiger partial charge on any atom is 0.111 e. The zero-order valence-corrected chi connectivity index (χ0v) is 10.5. The molecule has 1 aliphatic carbocycles. The Labute approximate surface area is 97.5 Å². The second kappa shape index (κ2) is 4.21. The van der Waals surface area contributed by atoms with Gasteiger partial charge in [0.15, 0.2) is 0 Å². The summed E-state index contributed by atoms with van der Waals surface area (Å²) >= 11 is 0. The van der Waals surface area contributed by atoms with Crippen molar-refractivity contribution in [2.24, 2.45) is 18.9 Å². The molecule has 2 atom stereocenters. The van der Waals surface area contributed by atoms with E-state index in [4.69, 9.17) is 0 Å². The number of nitrogens with zero attached hydrogens (tertiary/aromatic N) is 2. The summed E-state index contributed by atoms with van der Waals surface area (Å²) in [5, 5.41) is 15.3. The van der Waals surface area contributed by atoms with Crippen LogP contribution in [0.25, 0.3) is 0 Å². The van der Waals surface area contributed by atoms with Crippen LogP contribution in [-0.4, -0.2) is 14.9 Å². The molecule has 2 rings (SSSR count). The summed E-state index contributed by atoms with van der Waals surface area (Å²) < 4.78 is 1.78. The fourth-order valence-corrected chi connectivity index (χ4v) is 3.03. The van der Waals surface area contributed by atoms with Crippen LogP contribution in [0.4, 0.5) is 0 Å². The highest BCUT2D eigenvalue weighted by Gasteiger charge is 2.43. The first kappa shape index (κ1) is 11.6. The third-order valence-corrected chi connectivity index (χ3v) is 3.90. The molecule has 0 spiro atoms. The maximum atomic E-state index is 10.9. The van der Waals surface area contributed by atoms with Crippen LogP contribution < -0.4 is 0 Å². The van der Waals surface area contributed by atoms with E-state index in [0.29, 0.717) is 11.8 Å². The van der Waals surface area contributed by atoms with Crippen molar-refractivity contribution >= 4 is 0 Å². The first-order valence-electron chi connectivity index (χ1n) is 6.26. The fraction of sp³-hybridized carbons (Fsp3) is 0.769. The monoisotopic (exact) mass is 222 g/mol. The highest BCUT2D eigenvalue weighted by molar-refractivity contribution is 5.14. The molecule has 0 aromatic carbocycles. The Balaban J connectivity index is 2.32. The summed E-state index contributed by atoms with van der Waals surface area (Å²) in [7, 11) is 1.90. The summed E-state index contributed by atoms with van der Waals surface area (Å²) in [4.78, 5) is 0. The zero-order chi connectivity index (χ0) is 11.8. The van der Waals surface area contributed by atoms with Gasteiger partial charge in [0, 0.05) is 13.2 Å². The molecule has 90 valence electrons. The Morgan fingerprint density at radius 1 is 1.50 bits per heavy atom. The second-order valence-electron chi connectivity index (χ2n) is 5.40. The van der Waals surface area contributed by atoms with Crippen LogP contribution in [0.5, 0.6) is 0 Å². The van der Waals surface area contributed by atoms with Crippen molar-refractivity contribution in [2.45, 2.75) is 45.1 Å². The van der Waals surface area contributed by atoms with Gasteiger partial charge in [-0.1, -0.05) is 26.7 Å². The molecular formula is C13H22N2O. The summed E-state index contributed by atoms with van der Waals surface area (Å²) in [6.07, 6.45) is 6.23. The molecule has 0 amide bonds. The van der Waals surface area contributed by atoms with Crippen LogP contribution in [0, 0.1) is 11.8 Å². The van der Waals surface area contributed by atoms with E-state index in [-0.39, 0.29) is 0 Å². The third kappa shape index (κ3) is 1.88. The Kier molecular flexibility index (Phi) is 3.06. The van der Waals surface area contributed by atoms with E-state index < -0.39 is 5.60 Å². The summed E-state index contributed by atoms with van der Waals surface area (Å²) in [6.45, 7) is 4.40. The Hall–Kier alpha value is -0.830. The van der Waals surface area contributed by atoms with E-state index in [0.717, 1.165) is 25.0 Å². The van der Waals surface area contributed by atoms with Gasteiger partial charge in [0.1, 0.15) is 5.60 Å². The first-order valence-corrected chi connectivity index (χ1v) is 6.26. The van der Waals surface area contributed by atoms with E-state index in [9.17, 15) is 5.11 Å². The minimum atomic E-state index is -0.701. The Morgan fingerprint density at radius 3 is 2.81 bits per heavy atom. The molecule has 1 heterocycles. The number of hydrogen-bond acceptors (Lipinski definition) is 2. The molecule has 2 unspecified atom stereocenters. The molecule has 0 bridgehead atoms. The van der Waals surface area contributed by atoms with Crippen LogP contribution in [0.2, 0.25) is 0 Å². The van der Waals surface area contributed by atoms with Gasteiger partial charge in [-0.25, -0.2) is 0 Å². The quantitative estimate of drug-likeness (QED) is 0.834. The van der Waals surface area contributed by atoms with Gasteiger partial charge in [-0.3, -0.25) is 4.68 Å². The van der Waals surface area contributed by atoms with Crippen molar-refractivity contribution in [3.8, 4) is 0 Å². The van der Waals surface area contributed by atoms with E-state index in [1.807, 2.05) is 19.3 Å². The SMILES string of the molecule is CC(C)C1CCCCC1(O)c1ccn(C)n1. The lowest BCUT2D eigenvalue weighted by molar-refractivity contribution is -0.0757. The largest absolute Gasteiger partial charge is 0.383 e. The molecule has 1 aromatic rings. The molecule has 1 aliphatic rings. The molecule has 0 aliphatic heterocycles. The summed E-state index contributed by atoms with van der Waals surface area (Å²) in [5.41, 5.74) is 0.154. The van der Waals surface area contributed by atoms with E-state index in [1.165, 1.54) is 6.42 Å². The lowest BCUT2D eigenvalue weighted by atomic mass is 9.69. The van der Waals surface area contributed by atoms with Gasteiger partial charge in [-0.15, -0.1) is 0 Å². The number of aliphatic hydroxyl groups is 1. The van der Waals surface area contributed by atoms with Gasteiger partial charge < -0.3 is 5.11 Å². The molecule has 1 saturated carbocycles. The van der Waals surface area contributed by atoms with Gasteiger partial charge in [0.05, 0.1) is 5.69 Å². The van der Waals surface area contributed by atoms with Gasteiger partial charge in [0.2, 0.25) is 0 Å². The topological polar surface area (TPSA) is 38.0 Å². The maximum absolute atomic E-state index is 10.9. The molecule has 1 aromatic heterocycles. The first-order chi connectivity index (χ1) is 7.54. The lowest BCUT2D eigenvalue weighted by Gasteiger charge is -2.41. The van der Waals surface area contributed by atoms with Gasteiger partial charge in [0.25, 0.3) is 0 Å². The van der Waals surface area contributed by atoms with Gasteiger partial charge in [-0.2, -0.15) is 5.10 Å². The molecule has 0 saturated heterocycles. The number of aryl methyl sites for hydroxylation is 1. The van der Waals surface area contributed by atoms with Crippen molar-refractivity contribution in [3.05, 3.63) is 18.0 Å². The lowest BCUT2D eigenvalue weighted by Crippen LogP contribution is -2.41. The van der Waals surface area contributed by atoms with Gasteiger partial charge in [-0.05, 0) is 30.7 Å². The highest BCUT2D eigenvalue weighted by atomic mass is 16.3. The molecule has 1 N–H and O–H groups in total. The molecule has 0 radical (unpaired) electrons. The highest BCUT2D eigenvalue weighted by Crippen LogP contribution is 2.44. The molecule has 3 heteroatoms. The predicted octanol–water partition coefficient (Wildman–Crippen LogP) is 2.45. The van der Waals surface area contributed by atoms with E-state index >= 15 is 0 Å². The van der Waals surface area contributed by atoms with Gasteiger partial charge >= 0.3 is 0 Å². The van der Waals surface area contributed by atoms with E-state index in [2.05, 4.69) is 18.9 Å². The third-order valence-electron chi connectivity index (χ3n) is 3.90. The van der Waals surface area contributed by atoms with Crippen molar-refractivity contribution in [2.75, 3.05) is 0 Å². The van der Waals surface area contributed by atoms with E-state index in [1.54, 1.807) is 4.68 Å². The molecule has 16 heavy (non-hydrogen) atoms. The Morgan fingerprint density at radius 2 is 2.25 bits per heavy atom. The Bertz CT molecular complexity index is 359. The van der Waals surface area contributed by atoms with Crippen LogP contribution in [-0.2, 0) is 12.6 Å². The van der Waals surface area contributed by atoms with Crippen molar-refractivity contribution in [3.63, 3.8) is 0 Å². The van der Waals surface area contributed by atoms with Crippen molar-refractivity contribution < 1.29 is 5.11 Å². The van der Waals surface area contributed by atoms with Crippen LogP contribution >= 0.6 is 0 Å². The fourth-order valence-electron chi connectivity index (χ4n) is 3.03. The molecule has 3 nitrogen and oxygen atoms in total. The average Bonchev–Trinajstić information content (AvgIpc) is 2.65. The van der Waals surface area contributed by atoms with Crippen molar-refractivity contribution in [1.82, 2.24) is 9.78 Å². The predicted molar refractivity (Wildman–Crippen MR) is 63.9 cm³/mol.